The molecule has 0 saturated heterocycles. The second kappa shape index (κ2) is 9.37. The van der Waals surface area contributed by atoms with Crippen LogP contribution in [0.1, 0.15) is 18.1 Å². The zero-order valence-electron chi connectivity index (χ0n) is 15.7. The molecule has 6 heteroatoms. The van der Waals surface area contributed by atoms with Gasteiger partial charge >= 0.3 is 0 Å². The first-order valence-electron chi connectivity index (χ1n) is 9.11. The van der Waals surface area contributed by atoms with Crippen LogP contribution >= 0.6 is 11.8 Å². The van der Waals surface area contributed by atoms with Crippen LogP contribution in [0, 0.1) is 6.92 Å². The van der Waals surface area contributed by atoms with Crippen LogP contribution in [0.3, 0.4) is 0 Å². The predicted octanol–water partition coefficient (Wildman–Crippen LogP) is 3.72. The second-order valence-electron chi connectivity index (χ2n) is 6.29. The van der Waals surface area contributed by atoms with Crippen LogP contribution in [-0.4, -0.2) is 33.0 Å². The van der Waals surface area contributed by atoms with E-state index in [1.807, 2.05) is 22.8 Å². The molecule has 0 saturated carbocycles. The number of rotatable bonds is 8. The highest BCUT2D eigenvalue weighted by molar-refractivity contribution is 7.99. The lowest BCUT2D eigenvalue weighted by Crippen LogP contribution is -2.27. The van der Waals surface area contributed by atoms with Crippen molar-refractivity contribution in [1.82, 2.24) is 20.1 Å². The average molecular weight is 381 g/mol. The number of nitrogens with zero attached hydrogens (tertiary/aromatic N) is 3. The molecule has 27 heavy (non-hydrogen) atoms. The third-order valence-electron chi connectivity index (χ3n) is 4.25. The van der Waals surface area contributed by atoms with Crippen molar-refractivity contribution in [3.8, 4) is 11.4 Å². The number of aryl methyl sites for hydroxylation is 1. The number of nitrogens with one attached hydrogen (secondary N) is 1. The Morgan fingerprint density at radius 1 is 1.07 bits per heavy atom. The van der Waals surface area contributed by atoms with Gasteiger partial charge < -0.3 is 9.88 Å². The van der Waals surface area contributed by atoms with E-state index in [2.05, 4.69) is 65.8 Å². The van der Waals surface area contributed by atoms with Gasteiger partial charge in [-0.15, -0.1) is 10.2 Å². The number of benzene rings is 2. The van der Waals surface area contributed by atoms with E-state index in [-0.39, 0.29) is 5.91 Å². The number of thioether (sulfide) groups is 1. The molecule has 3 aromatic rings. The molecule has 2 aromatic carbocycles. The van der Waals surface area contributed by atoms with E-state index in [0.29, 0.717) is 12.3 Å². The second-order valence-corrected chi connectivity index (χ2v) is 7.23. The molecular weight excluding hydrogens is 356 g/mol. The first kappa shape index (κ1) is 19.2. The Morgan fingerprint density at radius 2 is 1.81 bits per heavy atom. The summed E-state index contributed by atoms with van der Waals surface area (Å²) in [5.74, 6) is 1.18. The van der Waals surface area contributed by atoms with Crippen molar-refractivity contribution in [3.63, 3.8) is 0 Å². The zero-order chi connectivity index (χ0) is 19.1. The Morgan fingerprint density at radius 3 is 2.52 bits per heavy atom. The third kappa shape index (κ3) is 5.20. The van der Waals surface area contributed by atoms with Crippen molar-refractivity contribution < 1.29 is 4.79 Å². The van der Waals surface area contributed by atoms with Crippen molar-refractivity contribution in [2.75, 3.05) is 12.3 Å². The number of hydrogen-bond donors (Lipinski definition) is 1. The fraction of sp³-hybridized carbons (Fsp3) is 0.286. The van der Waals surface area contributed by atoms with Gasteiger partial charge in [0, 0.05) is 18.7 Å². The Labute approximate surface area is 164 Å². The van der Waals surface area contributed by atoms with Crippen LogP contribution in [0.15, 0.2) is 59.8 Å². The van der Waals surface area contributed by atoms with E-state index >= 15 is 0 Å². The lowest BCUT2D eigenvalue weighted by Gasteiger charge is -2.08. The molecule has 0 aliphatic heterocycles. The third-order valence-corrected chi connectivity index (χ3v) is 5.22. The molecule has 0 bridgehead atoms. The van der Waals surface area contributed by atoms with E-state index in [0.717, 1.165) is 29.5 Å². The molecule has 0 spiro atoms. The monoisotopic (exact) mass is 380 g/mol. The first-order chi connectivity index (χ1) is 13.2. The molecule has 1 amide bonds. The molecule has 0 fully saturated rings. The lowest BCUT2D eigenvalue weighted by molar-refractivity contribution is -0.118. The molecule has 1 aromatic heterocycles. The molecule has 1 heterocycles. The summed E-state index contributed by atoms with van der Waals surface area (Å²) >= 11 is 1.42. The van der Waals surface area contributed by atoms with Crippen molar-refractivity contribution in [2.45, 2.75) is 32.0 Å². The molecule has 0 aliphatic carbocycles. The summed E-state index contributed by atoms with van der Waals surface area (Å²) in [4.78, 5) is 12.1. The quantitative estimate of drug-likeness (QED) is 0.605. The van der Waals surface area contributed by atoms with Gasteiger partial charge in [0.05, 0.1) is 5.75 Å². The SMILES string of the molecule is CCn1c(SCC(=O)NCCc2ccccc2)nnc1-c1ccc(C)cc1. The number of aromatic nitrogens is 3. The fourth-order valence-corrected chi connectivity index (χ4v) is 3.60. The van der Waals surface area contributed by atoms with Crippen LogP contribution in [0.4, 0.5) is 0 Å². The van der Waals surface area contributed by atoms with Crippen LogP contribution in [0.5, 0.6) is 0 Å². The Balaban J connectivity index is 1.54. The van der Waals surface area contributed by atoms with Crippen molar-refractivity contribution in [3.05, 3.63) is 65.7 Å². The topological polar surface area (TPSA) is 59.8 Å². The Bertz CT molecular complexity index is 875. The van der Waals surface area contributed by atoms with E-state index in [1.54, 1.807) is 0 Å². The van der Waals surface area contributed by atoms with Gasteiger partial charge in [-0.1, -0.05) is 71.9 Å². The summed E-state index contributed by atoms with van der Waals surface area (Å²) in [6.45, 7) is 5.52. The Hall–Kier alpha value is -2.60. The first-order valence-corrected chi connectivity index (χ1v) is 10.1. The smallest absolute Gasteiger partial charge is 0.230 e. The number of amides is 1. The van der Waals surface area contributed by atoms with Crippen LogP contribution in [0.25, 0.3) is 11.4 Å². The average Bonchev–Trinajstić information content (AvgIpc) is 3.10. The number of hydrogen-bond acceptors (Lipinski definition) is 4. The minimum Gasteiger partial charge on any atom is -0.355 e. The molecule has 140 valence electrons. The summed E-state index contributed by atoms with van der Waals surface area (Å²) in [6.07, 6.45) is 0.833. The Kier molecular flexibility index (Phi) is 6.65. The molecule has 0 atom stereocenters. The van der Waals surface area contributed by atoms with Gasteiger partial charge in [0.2, 0.25) is 5.91 Å². The van der Waals surface area contributed by atoms with Crippen LogP contribution < -0.4 is 5.32 Å². The summed E-state index contributed by atoms with van der Waals surface area (Å²) in [6, 6.07) is 18.4. The molecule has 0 aliphatic rings. The summed E-state index contributed by atoms with van der Waals surface area (Å²) in [5.41, 5.74) is 3.47. The highest BCUT2D eigenvalue weighted by Crippen LogP contribution is 2.24. The van der Waals surface area contributed by atoms with E-state index in [4.69, 9.17) is 0 Å². The molecule has 3 rings (SSSR count). The van der Waals surface area contributed by atoms with E-state index < -0.39 is 0 Å². The van der Waals surface area contributed by atoms with E-state index in [1.165, 1.54) is 22.9 Å². The molecule has 0 unspecified atom stereocenters. The summed E-state index contributed by atoms with van der Waals surface area (Å²) in [5, 5.41) is 12.3. The maximum Gasteiger partial charge on any atom is 0.230 e. The van der Waals surface area contributed by atoms with E-state index in [9.17, 15) is 4.79 Å². The van der Waals surface area contributed by atoms with Gasteiger partial charge in [0.1, 0.15) is 0 Å². The van der Waals surface area contributed by atoms with Crippen molar-refractivity contribution in [2.24, 2.45) is 0 Å². The van der Waals surface area contributed by atoms with Gasteiger partial charge in [-0.25, -0.2) is 0 Å². The largest absolute Gasteiger partial charge is 0.355 e. The zero-order valence-corrected chi connectivity index (χ0v) is 16.5. The minimum absolute atomic E-state index is 0.0125. The normalized spacial score (nSPS) is 10.7. The highest BCUT2D eigenvalue weighted by atomic mass is 32.2. The van der Waals surface area contributed by atoms with Gasteiger partial charge in [-0.3, -0.25) is 4.79 Å². The highest BCUT2D eigenvalue weighted by Gasteiger charge is 2.14. The van der Waals surface area contributed by atoms with Gasteiger partial charge in [-0.2, -0.15) is 0 Å². The number of carbonyl (C=O) groups excluding carboxylic acids is 1. The fourth-order valence-electron chi connectivity index (χ4n) is 2.77. The molecule has 1 N–H and O–H groups in total. The minimum atomic E-state index is 0.0125. The maximum absolute atomic E-state index is 12.1. The molecule has 5 nitrogen and oxygen atoms in total. The van der Waals surface area contributed by atoms with Crippen LogP contribution in [-0.2, 0) is 17.8 Å². The predicted molar refractivity (Wildman–Crippen MR) is 110 cm³/mol. The number of carbonyl (C=O) groups is 1. The van der Waals surface area contributed by atoms with Gasteiger partial charge in [0.25, 0.3) is 0 Å². The summed E-state index contributed by atoms with van der Waals surface area (Å²) in [7, 11) is 0. The van der Waals surface area contributed by atoms with Crippen molar-refractivity contribution >= 4 is 17.7 Å². The maximum atomic E-state index is 12.1. The molecule has 0 radical (unpaired) electrons. The summed E-state index contributed by atoms with van der Waals surface area (Å²) < 4.78 is 2.05. The van der Waals surface area contributed by atoms with Gasteiger partial charge in [0.15, 0.2) is 11.0 Å². The lowest BCUT2D eigenvalue weighted by atomic mass is 10.1. The van der Waals surface area contributed by atoms with Crippen LogP contribution in [0.2, 0.25) is 0 Å². The standard InChI is InChI=1S/C21H24N4OS/c1-3-25-20(18-11-9-16(2)10-12-18)23-24-21(25)27-15-19(26)22-14-13-17-7-5-4-6-8-17/h4-12H,3,13-15H2,1-2H3,(H,22,26). The molecular formula is C21H24N4OS. The van der Waals surface area contributed by atoms with Gasteiger partial charge in [-0.05, 0) is 25.8 Å². The van der Waals surface area contributed by atoms with Crippen molar-refractivity contribution in [1.29, 1.82) is 0 Å².